The van der Waals surface area contributed by atoms with Gasteiger partial charge in [-0.25, -0.2) is 4.79 Å². The van der Waals surface area contributed by atoms with Gasteiger partial charge in [0.2, 0.25) is 0 Å². The molecule has 0 aromatic heterocycles. The molecule has 1 saturated heterocycles. The average molecular weight is 256 g/mol. The minimum atomic E-state index is -1.08. The highest BCUT2D eigenvalue weighted by atomic mass is 32.2. The lowest BCUT2D eigenvalue weighted by Gasteiger charge is -2.21. The second kappa shape index (κ2) is 5.01. The maximum absolute atomic E-state index is 10.9. The summed E-state index contributed by atoms with van der Waals surface area (Å²) in [5, 5.41) is 18.3. The van der Waals surface area contributed by atoms with Crippen molar-refractivity contribution in [1.29, 1.82) is 0 Å². The molecule has 0 atom stereocenters. The molecule has 2 N–H and O–H groups in total. The number of aromatic hydroxyl groups is 1. The smallest absolute Gasteiger partial charge is 0.339 e. The molecule has 86 valence electrons. The predicted molar refractivity (Wildman–Crippen MR) is 67.3 cm³/mol. The molecule has 0 saturated carbocycles. The van der Waals surface area contributed by atoms with E-state index in [4.69, 9.17) is 5.11 Å². The van der Waals surface area contributed by atoms with Crippen LogP contribution in [0.3, 0.4) is 0 Å². The Labute approximate surface area is 102 Å². The lowest BCUT2D eigenvalue weighted by molar-refractivity contribution is 0.0693. The maximum atomic E-state index is 10.9. The molecule has 1 heterocycles. The van der Waals surface area contributed by atoms with E-state index in [1.807, 2.05) is 23.5 Å². The zero-order valence-electron chi connectivity index (χ0n) is 8.55. The number of hydrogen-bond donors (Lipinski definition) is 2. The molecule has 0 radical (unpaired) electrons. The first-order valence-electron chi connectivity index (χ1n) is 4.98. The fourth-order valence-corrected chi connectivity index (χ4v) is 4.43. The summed E-state index contributed by atoms with van der Waals surface area (Å²) in [6, 6.07) is 4.85. The lowest BCUT2D eigenvalue weighted by Crippen LogP contribution is -2.03. The van der Waals surface area contributed by atoms with E-state index in [1.165, 1.54) is 12.5 Å². The number of carboxylic acids is 1. The van der Waals surface area contributed by atoms with E-state index in [0.717, 1.165) is 17.1 Å². The van der Waals surface area contributed by atoms with Crippen LogP contribution in [0, 0.1) is 0 Å². The molecule has 1 fully saturated rings. The Balaban J connectivity index is 2.27. The Hall–Kier alpha value is -0.810. The quantitative estimate of drug-likeness (QED) is 0.852. The van der Waals surface area contributed by atoms with E-state index in [9.17, 15) is 9.90 Å². The highest BCUT2D eigenvalue weighted by Gasteiger charge is 2.19. The van der Waals surface area contributed by atoms with Crippen molar-refractivity contribution in [2.75, 3.05) is 11.5 Å². The summed E-state index contributed by atoms with van der Waals surface area (Å²) >= 11 is 3.66. The van der Waals surface area contributed by atoms with Gasteiger partial charge in [0.05, 0.1) is 4.58 Å². The van der Waals surface area contributed by atoms with Gasteiger partial charge in [-0.05, 0) is 35.6 Å². The summed E-state index contributed by atoms with van der Waals surface area (Å²) < 4.78 is 0.299. The summed E-state index contributed by atoms with van der Waals surface area (Å²) in [5.41, 5.74) is 0.967. The van der Waals surface area contributed by atoms with Crippen LogP contribution in [-0.2, 0) is 0 Å². The number of phenols is 1. The molecule has 16 heavy (non-hydrogen) atoms. The van der Waals surface area contributed by atoms with E-state index in [2.05, 4.69) is 0 Å². The van der Waals surface area contributed by atoms with E-state index >= 15 is 0 Å². The van der Waals surface area contributed by atoms with Crippen LogP contribution in [0.1, 0.15) is 26.9 Å². The molecule has 0 spiro atoms. The van der Waals surface area contributed by atoms with Crippen molar-refractivity contribution < 1.29 is 15.0 Å². The lowest BCUT2D eigenvalue weighted by atomic mass is 10.1. The Morgan fingerprint density at radius 1 is 1.31 bits per heavy atom. The van der Waals surface area contributed by atoms with E-state index < -0.39 is 5.97 Å². The number of benzene rings is 1. The van der Waals surface area contributed by atoms with Crippen LogP contribution < -0.4 is 0 Å². The Morgan fingerprint density at radius 2 is 2.00 bits per heavy atom. The number of aromatic carboxylic acids is 1. The van der Waals surface area contributed by atoms with E-state index in [0.29, 0.717) is 4.58 Å². The SMILES string of the molecule is O=C(O)c1cc(C2SCCCS2)ccc1O. The zero-order chi connectivity index (χ0) is 11.5. The molecule has 3 nitrogen and oxygen atoms in total. The summed E-state index contributed by atoms with van der Waals surface area (Å²) in [7, 11) is 0. The monoisotopic (exact) mass is 256 g/mol. The highest BCUT2D eigenvalue weighted by molar-refractivity contribution is 8.16. The molecule has 0 bridgehead atoms. The summed E-state index contributed by atoms with van der Waals surface area (Å²) in [4.78, 5) is 10.9. The van der Waals surface area contributed by atoms with Gasteiger partial charge in [0.15, 0.2) is 0 Å². The van der Waals surface area contributed by atoms with Gasteiger partial charge in [-0.3, -0.25) is 0 Å². The largest absolute Gasteiger partial charge is 0.507 e. The topological polar surface area (TPSA) is 57.5 Å². The number of thioether (sulfide) groups is 2. The molecule has 1 aromatic carbocycles. The van der Waals surface area contributed by atoms with Crippen LogP contribution in [0.5, 0.6) is 5.75 Å². The van der Waals surface area contributed by atoms with Crippen LogP contribution in [0.4, 0.5) is 0 Å². The summed E-state index contributed by atoms with van der Waals surface area (Å²) in [5.74, 6) is 0.981. The molecule has 0 amide bonds. The molecule has 1 aliphatic heterocycles. The first kappa shape index (κ1) is 11.7. The first-order chi connectivity index (χ1) is 7.68. The van der Waals surface area contributed by atoms with Gasteiger partial charge in [0, 0.05) is 0 Å². The molecule has 0 aliphatic carbocycles. The van der Waals surface area contributed by atoms with Gasteiger partial charge in [-0.1, -0.05) is 6.07 Å². The number of carbonyl (C=O) groups is 1. The molecular weight excluding hydrogens is 244 g/mol. The van der Waals surface area contributed by atoms with Crippen LogP contribution in [0.25, 0.3) is 0 Å². The third-order valence-corrected chi connectivity index (χ3v) is 5.37. The molecular formula is C11H12O3S2. The van der Waals surface area contributed by atoms with Crippen LogP contribution >= 0.6 is 23.5 Å². The standard InChI is InChI=1S/C11H12O3S2/c12-9-3-2-7(6-8(9)10(13)14)11-15-4-1-5-16-11/h2-3,6,11-12H,1,4-5H2,(H,13,14). The predicted octanol–water partition coefficient (Wildman–Crippen LogP) is 2.96. The molecule has 2 rings (SSSR count). The van der Waals surface area contributed by atoms with Crippen molar-refractivity contribution >= 4 is 29.5 Å². The number of rotatable bonds is 2. The highest BCUT2D eigenvalue weighted by Crippen LogP contribution is 2.44. The summed E-state index contributed by atoms with van der Waals surface area (Å²) in [6.07, 6.45) is 1.20. The molecule has 5 heteroatoms. The first-order valence-corrected chi connectivity index (χ1v) is 7.07. The van der Waals surface area contributed by atoms with Crippen molar-refractivity contribution in [3.8, 4) is 5.75 Å². The average Bonchev–Trinajstić information content (AvgIpc) is 2.30. The van der Waals surface area contributed by atoms with Gasteiger partial charge in [-0.2, -0.15) is 0 Å². The van der Waals surface area contributed by atoms with Crippen molar-refractivity contribution in [2.24, 2.45) is 0 Å². The molecule has 0 unspecified atom stereocenters. The van der Waals surface area contributed by atoms with Gasteiger partial charge in [0.25, 0.3) is 0 Å². The van der Waals surface area contributed by atoms with E-state index in [1.54, 1.807) is 12.1 Å². The molecule has 1 aromatic rings. The second-order valence-electron chi connectivity index (χ2n) is 3.51. The maximum Gasteiger partial charge on any atom is 0.339 e. The Kier molecular flexibility index (Phi) is 3.66. The third-order valence-electron chi connectivity index (χ3n) is 2.35. The second-order valence-corrected chi connectivity index (χ2v) is 6.23. The van der Waals surface area contributed by atoms with Gasteiger partial charge < -0.3 is 10.2 Å². The fraction of sp³-hybridized carbons (Fsp3) is 0.364. The minimum absolute atomic E-state index is 0.00993. The van der Waals surface area contributed by atoms with Crippen LogP contribution in [-0.4, -0.2) is 27.7 Å². The fourth-order valence-electron chi connectivity index (χ4n) is 1.55. The van der Waals surface area contributed by atoms with Crippen molar-refractivity contribution in [1.82, 2.24) is 0 Å². The summed E-state index contributed by atoms with van der Waals surface area (Å²) in [6.45, 7) is 0. The van der Waals surface area contributed by atoms with Crippen LogP contribution in [0.15, 0.2) is 18.2 Å². The normalized spacial score (nSPS) is 17.2. The Bertz CT molecular complexity index is 400. The molecule has 1 aliphatic rings. The number of hydrogen-bond acceptors (Lipinski definition) is 4. The van der Waals surface area contributed by atoms with Crippen molar-refractivity contribution in [2.45, 2.75) is 11.0 Å². The van der Waals surface area contributed by atoms with Gasteiger partial charge in [-0.15, -0.1) is 23.5 Å². The van der Waals surface area contributed by atoms with Gasteiger partial charge >= 0.3 is 5.97 Å². The Morgan fingerprint density at radius 3 is 2.62 bits per heavy atom. The minimum Gasteiger partial charge on any atom is -0.507 e. The number of carboxylic acid groups (broad SMARTS) is 1. The van der Waals surface area contributed by atoms with Crippen LogP contribution in [0.2, 0.25) is 0 Å². The van der Waals surface area contributed by atoms with Crippen molar-refractivity contribution in [3.05, 3.63) is 29.3 Å². The van der Waals surface area contributed by atoms with Gasteiger partial charge in [0.1, 0.15) is 11.3 Å². The zero-order valence-corrected chi connectivity index (χ0v) is 10.2. The van der Waals surface area contributed by atoms with Crippen molar-refractivity contribution in [3.63, 3.8) is 0 Å². The third kappa shape index (κ3) is 2.47. The van der Waals surface area contributed by atoms with E-state index in [-0.39, 0.29) is 11.3 Å².